The highest BCUT2D eigenvalue weighted by atomic mass is 16.2. The molecule has 3 aliphatic rings. The average Bonchev–Trinajstić information content (AvgIpc) is 2.67. The van der Waals surface area contributed by atoms with Gasteiger partial charge >= 0.3 is 0 Å². The van der Waals surface area contributed by atoms with Crippen molar-refractivity contribution in [1.82, 2.24) is 4.90 Å². The quantitative estimate of drug-likeness (QED) is 0.714. The Balaban J connectivity index is 2.16. The maximum atomic E-state index is 12.2. The van der Waals surface area contributed by atoms with Gasteiger partial charge < -0.3 is 10.6 Å². The maximum Gasteiger partial charge on any atom is 0.241 e. The summed E-state index contributed by atoms with van der Waals surface area (Å²) >= 11 is 0. The predicted molar refractivity (Wildman–Crippen MR) is 60.2 cm³/mol. The van der Waals surface area contributed by atoms with Gasteiger partial charge in [0.2, 0.25) is 5.91 Å². The average molecular weight is 221 g/mol. The summed E-state index contributed by atoms with van der Waals surface area (Å²) in [7, 11) is 0. The first kappa shape index (κ1) is 11.4. The lowest BCUT2D eigenvalue weighted by Crippen LogP contribution is -2.55. The smallest absolute Gasteiger partial charge is 0.241 e. The van der Waals surface area contributed by atoms with Gasteiger partial charge in [-0.3, -0.25) is 4.79 Å². The molecule has 2 heterocycles. The van der Waals surface area contributed by atoms with E-state index in [4.69, 9.17) is 5.73 Å². The molecule has 2 N–H and O–H groups in total. The molecule has 1 amide bonds. The van der Waals surface area contributed by atoms with Crippen molar-refractivity contribution in [2.45, 2.75) is 45.2 Å². The van der Waals surface area contributed by atoms with E-state index in [1.54, 1.807) is 4.90 Å². The Morgan fingerprint density at radius 1 is 1.56 bits per heavy atom. The number of nitriles is 1. The highest BCUT2D eigenvalue weighted by Crippen LogP contribution is 2.50. The van der Waals surface area contributed by atoms with E-state index >= 15 is 0 Å². The summed E-state index contributed by atoms with van der Waals surface area (Å²) in [6.45, 7) is 6.58. The minimum absolute atomic E-state index is 0.0611. The lowest BCUT2D eigenvalue weighted by molar-refractivity contribution is -0.136. The Bertz CT molecular complexity index is 357. The fraction of sp³-hybridized carbons (Fsp3) is 0.833. The lowest BCUT2D eigenvalue weighted by atomic mass is 9.74. The first-order chi connectivity index (χ1) is 7.30. The lowest BCUT2D eigenvalue weighted by Gasteiger charge is -2.38. The third-order valence-electron chi connectivity index (χ3n) is 3.88. The summed E-state index contributed by atoms with van der Waals surface area (Å²) in [6, 6.07) is 1.78. The summed E-state index contributed by atoms with van der Waals surface area (Å²) < 4.78 is 0. The molecule has 0 spiro atoms. The van der Waals surface area contributed by atoms with Crippen molar-refractivity contribution in [3.63, 3.8) is 0 Å². The highest BCUT2D eigenvalue weighted by Gasteiger charge is 2.59. The van der Waals surface area contributed by atoms with E-state index in [1.165, 1.54) is 0 Å². The van der Waals surface area contributed by atoms with Crippen LogP contribution in [0, 0.1) is 22.7 Å². The van der Waals surface area contributed by atoms with Crippen molar-refractivity contribution in [3.05, 3.63) is 0 Å². The second-order valence-corrected chi connectivity index (χ2v) is 6.21. The number of carbonyl (C=O) groups excluding carboxylic acids is 1. The molecular weight excluding hydrogens is 202 g/mol. The molecule has 2 aliphatic heterocycles. The third kappa shape index (κ3) is 1.42. The van der Waals surface area contributed by atoms with Crippen LogP contribution in [0.5, 0.6) is 0 Å². The normalized spacial score (nSPS) is 34.2. The fourth-order valence-corrected chi connectivity index (χ4v) is 2.67. The minimum Gasteiger partial charge on any atom is -0.322 e. The van der Waals surface area contributed by atoms with E-state index in [2.05, 4.69) is 6.07 Å². The van der Waals surface area contributed by atoms with E-state index in [9.17, 15) is 10.1 Å². The van der Waals surface area contributed by atoms with Crippen LogP contribution in [-0.2, 0) is 4.79 Å². The topological polar surface area (TPSA) is 70.1 Å². The molecule has 1 atom stereocenters. The van der Waals surface area contributed by atoms with Gasteiger partial charge in [-0.2, -0.15) is 5.26 Å². The fourth-order valence-electron chi connectivity index (χ4n) is 2.67. The van der Waals surface area contributed by atoms with Gasteiger partial charge in [-0.1, -0.05) is 20.8 Å². The molecule has 88 valence electrons. The summed E-state index contributed by atoms with van der Waals surface area (Å²) in [6.07, 6.45) is 1.68. The molecule has 0 radical (unpaired) electrons. The van der Waals surface area contributed by atoms with E-state index in [0.717, 1.165) is 19.4 Å². The Labute approximate surface area is 96.4 Å². The van der Waals surface area contributed by atoms with Gasteiger partial charge in [0.05, 0.1) is 12.1 Å². The summed E-state index contributed by atoms with van der Waals surface area (Å²) in [5.74, 6) is 0.463. The van der Waals surface area contributed by atoms with E-state index in [-0.39, 0.29) is 11.3 Å². The first-order valence-electron chi connectivity index (χ1n) is 5.78. The largest absolute Gasteiger partial charge is 0.322 e. The molecular formula is C12H19N3O. The molecule has 0 aromatic rings. The first-order valence-corrected chi connectivity index (χ1v) is 5.78. The van der Waals surface area contributed by atoms with Crippen molar-refractivity contribution in [2.75, 3.05) is 6.54 Å². The molecule has 0 aromatic heterocycles. The van der Waals surface area contributed by atoms with Gasteiger partial charge in [-0.15, -0.1) is 0 Å². The molecule has 16 heavy (non-hydrogen) atoms. The molecule has 1 aliphatic carbocycles. The Morgan fingerprint density at radius 3 is 2.56 bits per heavy atom. The van der Waals surface area contributed by atoms with Gasteiger partial charge in [0.25, 0.3) is 0 Å². The number of nitrogens with zero attached hydrogens (tertiary/aromatic N) is 2. The standard InChI is InChI=1S/C12H19N3O/c1-11(2,3)9(14)10(16)15-6-8-4-12(15,5-8)7-13/h8-9H,4-6,14H2,1-3H3. The van der Waals surface area contributed by atoms with Crippen molar-refractivity contribution < 1.29 is 4.79 Å². The summed E-state index contributed by atoms with van der Waals surface area (Å²) in [5.41, 5.74) is 5.20. The number of carbonyl (C=O) groups is 1. The predicted octanol–water partition coefficient (Wildman–Crippen LogP) is 0.874. The van der Waals surface area contributed by atoms with Crippen LogP contribution in [0.1, 0.15) is 33.6 Å². The number of amides is 1. The SMILES string of the molecule is CC(C)(C)C(N)C(=O)N1CC2CC1(C#N)C2. The molecule has 1 unspecified atom stereocenters. The van der Waals surface area contributed by atoms with E-state index < -0.39 is 11.6 Å². The van der Waals surface area contributed by atoms with Crippen LogP contribution in [-0.4, -0.2) is 28.9 Å². The second kappa shape index (κ2) is 3.21. The summed E-state index contributed by atoms with van der Waals surface area (Å²) in [4.78, 5) is 14.0. The van der Waals surface area contributed by atoms with Crippen LogP contribution in [0.15, 0.2) is 0 Å². The number of rotatable bonds is 1. The number of fused-ring (bicyclic) bond motifs is 1. The van der Waals surface area contributed by atoms with E-state index in [1.807, 2.05) is 20.8 Å². The van der Waals surface area contributed by atoms with Crippen molar-refractivity contribution in [2.24, 2.45) is 17.1 Å². The van der Waals surface area contributed by atoms with Crippen LogP contribution >= 0.6 is 0 Å². The van der Waals surface area contributed by atoms with Gasteiger partial charge in [0.15, 0.2) is 0 Å². The molecule has 2 bridgehead atoms. The number of hydrogen-bond donors (Lipinski definition) is 1. The molecule has 4 nitrogen and oxygen atoms in total. The molecule has 3 fully saturated rings. The zero-order chi connectivity index (χ0) is 12.1. The van der Waals surface area contributed by atoms with Gasteiger partial charge in [0, 0.05) is 6.54 Å². The zero-order valence-electron chi connectivity index (χ0n) is 10.2. The third-order valence-corrected chi connectivity index (χ3v) is 3.88. The van der Waals surface area contributed by atoms with Crippen molar-refractivity contribution in [1.29, 1.82) is 5.26 Å². The molecule has 2 saturated heterocycles. The maximum absolute atomic E-state index is 12.2. The number of hydrogen-bond acceptors (Lipinski definition) is 3. The van der Waals surface area contributed by atoms with Crippen LogP contribution in [0.25, 0.3) is 0 Å². The van der Waals surface area contributed by atoms with Crippen molar-refractivity contribution >= 4 is 5.91 Å². The van der Waals surface area contributed by atoms with Crippen LogP contribution < -0.4 is 5.73 Å². The van der Waals surface area contributed by atoms with Gasteiger partial charge in [-0.05, 0) is 24.2 Å². The minimum atomic E-state index is -0.523. The molecule has 4 heteroatoms. The van der Waals surface area contributed by atoms with Crippen molar-refractivity contribution in [3.8, 4) is 6.07 Å². The molecule has 0 aromatic carbocycles. The Hall–Kier alpha value is -1.08. The van der Waals surface area contributed by atoms with Gasteiger partial charge in [0.1, 0.15) is 5.54 Å². The van der Waals surface area contributed by atoms with Crippen LogP contribution in [0.2, 0.25) is 0 Å². The monoisotopic (exact) mass is 221 g/mol. The molecule has 1 saturated carbocycles. The van der Waals surface area contributed by atoms with Gasteiger partial charge in [-0.25, -0.2) is 0 Å². The summed E-state index contributed by atoms with van der Waals surface area (Å²) in [5, 5.41) is 9.18. The zero-order valence-corrected chi connectivity index (χ0v) is 10.2. The highest BCUT2D eigenvalue weighted by molar-refractivity contribution is 5.84. The van der Waals surface area contributed by atoms with Crippen LogP contribution in [0.3, 0.4) is 0 Å². The number of nitrogens with two attached hydrogens (primary N) is 1. The Kier molecular flexibility index (Phi) is 2.29. The second-order valence-electron chi connectivity index (χ2n) is 6.21. The Morgan fingerprint density at radius 2 is 2.12 bits per heavy atom. The van der Waals surface area contributed by atoms with Crippen LogP contribution in [0.4, 0.5) is 0 Å². The van der Waals surface area contributed by atoms with E-state index in [0.29, 0.717) is 5.92 Å². The molecule has 3 rings (SSSR count).